The molecule has 1 heterocycles. The highest BCUT2D eigenvalue weighted by Gasteiger charge is 2.55. The molecule has 0 radical (unpaired) electrons. The minimum Gasteiger partial charge on any atom is -0.354 e. The Morgan fingerprint density at radius 2 is 1.57 bits per heavy atom. The highest BCUT2D eigenvalue weighted by Crippen LogP contribution is 2.60. The van der Waals surface area contributed by atoms with Crippen LogP contribution in [0.1, 0.15) is 30.5 Å². The molecular formula is C27H23N. The van der Waals surface area contributed by atoms with Gasteiger partial charge in [0.15, 0.2) is 0 Å². The van der Waals surface area contributed by atoms with E-state index in [0.29, 0.717) is 5.92 Å². The number of fused-ring (bicyclic) bond motifs is 7. The number of nitrogens with one attached hydrogen (secondary N) is 1. The van der Waals surface area contributed by atoms with E-state index in [2.05, 4.69) is 110 Å². The number of rotatable bonds is 1. The summed E-state index contributed by atoms with van der Waals surface area (Å²) in [5.74, 6) is 0.388. The molecule has 1 N–H and O–H groups in total. The molecule has 1 nitrogen and oxygen atoms in total. The van der Waals surface area contributed by atoms with Gasteiger partial charge in [-0.1, -0.05) is 98.8 Å². The van der Waals surface area contributed by atoms with E-state index in [4.69, 9.17) is 0 Å². The van der Waals surface area contributed by atoms with Gasteiger partial charge in [0.1, 0.15) is 0 Å². The third kappa shape index (κ3) is 1.77. The average Bonchev–Trinajstić information content (AvgIpc) is 3.21. The molecule has 3 aromatic carbocycles. The van der Waals surface area contributed by atoms with Gasteiger partial charge in [-0.3, -0.25) is 0 Å². The molecule has 0 bridgehead atoms. The molecule has 0 saturated carbocycles. The van der Waals surface area contributed by atoms with E-state index in [-0.39, 0.29) is 10.8 Å². The molecular weight excluding hydrogens is 338 g/mol. The average molecular weight is 361 g/mol. The first kappa shape index (κ1) is 15.9. The number of benzene rings is 3. The van der Waals surface area contributed by atoms with E-state index in [1.165, 1.54) is 38.5 Å². The first-order chi connectivity index (χ1) is 13.6. The van der Waals surface area contributed by atoms with Crippen LogP contribution >= 0.6 is 0 Å². The number of hydrogen-bond donors (Lipinski definition) is 1. The zero-order valence-electron chi connectivity index (χ0n) is 16.2. The lowest BCUT2D eigenvalue weighted by molar-refractivity contribution is 0.347. The molecule has 28 heavy (non-hydrogen) atoms. The maximum atomic E-state index is 3.78. The first-order valence-electron chi connectivity index (χ1n) is 10.1. The van der Waals surface area contributed by atoms with Crippen molar-refractivity contribution in [3.05, 3.63) is 108 Å². The molecule has 1 aromatic heterocycles. The van der Waals surface area contributed by atoms with Gasteiger partial charge in [0.25, 0.3) is 0 Å². The number of allylic oxidation sites excluding steroid dienone is 4. The lowest BCUT2D eigenvalue weighted by Gasteiger charge is -2.39. The lowest BCUT2D eigenvalue weighted by Crippen LogP contribution is -2.37. The van der Waals surface area contributed by atoms with Crippen LogP contribution in [-0.4, -0.2) is 4.98 Å². The summed E-state index contributed by atoms with van der Waals surface area (Å²) in [4.78, 5) is 3.78. The van der Waals surface area contributed by atoms with Gasteiger partial charge < -0.3 is 4.98 Å². The van der Waals surface area contributed by atoms with E-state index in [0.717, 1.165) is 0 Å². The molecule has 6 rings (SSSR count). The molecule has 3 unspecified atom stereocenters. The molecule has 1 heteroatoms. The van der Waals surface area contributed by atoms with Crippen molar-refractivity contribution in [2.75, 3.05) is 0 Å². The van der Waals surface area contributed by atoms with Crippen molar-refractivity contribution in [3.8, 4) is 0 Å². The Morgan fingerprint density at radius 1 is 0.786 bits per heavy atom. The summed E-state index contributed by atoms with van der Waals surface area (Å²) in [6.07, 6.45) is 9.26. The summed E-state index contributed by atoms with van der Waals surface area (Å²) >= 11 is 0. The van der Waals surface area contributed by atoms with Crippen LogP contribution in [-0.2, 0) is 10.8 Å². The molecule has 2 aliphatic carbocycles. The maximum Gasteiger partial charge on any atom is 0.0509 e. The molecule has 0 saturated heterocycles. The second kappa shape index (κ2) is 5.26. The van der Waals surface area contributed by atoms with Crippen LogP contribution in [0.25, 0.3) is 21.8 Å². The Labute approximate surface area is 165 Å². The van der Waals surface area contributed by atoms with Crippen LogP contribution in [0.2, 0.25) is 0 Å². The molecule has 0 amide bonds. The van der Waals surface area contributed by atoms with Crippen LogP contribution in [0, 0.1) is 5.92 Å². The van der Waals surface area contributed by atoms with E-state index < -0.39 is 0 Å². The molecule has 0 spiro atoms. The number of para-hydroxylation sites is 1. The summed E-state index contributed by atoms with van der Waals surface area (Å²) in [5, 5.41) is 2.63. The van der Waals surface area contributed by atoms with Gasteiger partial charge >= 0.3 is 0 Å². The smallest absolute Gasteiger partial charge is 0.0509 e. The Morgan fingerprint density at radius 3 is 2.43 bits per heavy atom. The highest BCUT2D eigenvalue weighted by molar-refractivity contribution is 6.09. The van der Waals surface area contributed by atoms with Gasteiger partial charge in [0.05, 0.1) is 5.52 Å². The predicted molar refractivity (Wildman–Crippen MR) is 118 cm³/mol. The molecule has 0 fully saturated rings. The largest absolute Gasteiger partial charge is 0.354 e. The summed E-state index contributed by atoms with van der Waals surface area (Å²) in [7, 11) is 0. The number of aromatic nitrogens is 1. The molecule has 0 aliphatic heterocycles. The van der Waals surface area contributed by atoms with Crippen LogP contribution in [0.3, 0.4) is 0 Å². The van der Waals surface area contributed by atoms with Crippen LogP contribution < -0.4 is 0 Å². The van der Waals surface area contributed by atoms with Crippen molar-refractivity contribution in [2.24, 2.45) is 5.92 Å². The minimum atomic E-state index is -0.0903. The van der Waals surface area contributed by atoms with Gasteiger partial charge in [-0.05, 0) is 22.8 Å². The van der Waals surface area contributed by atoms with Crippen LogP contribution in [0.15, 0.2) is 91.0 Å². The molecule has 3 atom stereocenters. The quantitative estimate of drug-likeness (QED) is 0.391. The summed E-state index contributed by atoms with van der Waals surface area (Å²) < 4.78 is 0. The normalized spacial score (nSPS) is 28.0. The van der Waals surface area contributed by atoms with E-state index in [9.17, 15) is 0 Å². The maximum absolute atomic E-state index is 3.78. The predicted octanol–water partition coefficient (Wildman–Crippen LogP) is 6.64. The first-order valence-corrected chi connectivity index (χ1v) is 10.1. The number of aromatic amines is 1. The van der Waals surface area contributed by atoms with Crippen molar-refractivity contribution in [2.45, 2.75) is 24.7 Å². The zero-order chi connectivity index (χ0) is 18.9. The Bertz CT molecular complexity index is 1290. The van der Waals surface area contributed by atoms with Gasteiger partial charge in [-0.25, -0.2) is 0 Å². The Hall–Kier alpha value is -3.06. The fourth-order valence-corrected chi connectivity index (χ4v) is 5.95. The zero-order valence-corrected chi connectivity index (χ0v) is 16.2. The molecule has 4 aromatic rings. The summed E-state index contributed by atoms with van der Waals surface area (Å²) in [6, 6.07) is 24.4. The van der Waals surface area contributed by atoms with Crippen LogP contribution in [0.4, 0.5) is 0 Å². The van der Waals surface area contributed by atoms with E-state index in [1.807, 2.05) is 0 Å². The summed E-state index contributed by atoms with van der Waals surface area (Å²) in [6.45, 7) is 4.84. The van der Waals surface area contributed by atoms with Gasteiger partial charge in [-0.15, -0.1) is 0 Å². The van der Waals surface area contributed by atoms with Crippen LogP contribution in [0.5, 0.6) is 0 Å². The van der Waals surface area contributed by atoms with Gasteiger partial charge in [0, 0.05) is 33.0 Å². The second-order valence-corrected chi connectivity index (χ2v) is 8.65. The lowest BCUT2D eigenvalue weighted by atomic mass is 9.64. The highest BCUT2D eigenvalue weighted by atomic mass is 14.7. The second-order valence-electron chi connectivity index (χ2n) is 8.65. The van der Waals surface area contributed by atoms with Gasteiger partial charge in [0.2, 0.25) is 0 Å². The standard InChI is InChI=1S/C27H23N/c1-26-17-9-8-14-23(26)27(2,18-10-4-3-5-11-18)24-21(26)16-15-20-19-12-6-7-13-22(19)28-25(20)24/h3-17,23,28H,1-2H3. The summed E-state index contributed by atoms with van der Waals surface area (Å²) in [5.41, 5.74) is 6.71. The third-order valence-corrected chi connectivity index (χ3v) is 7.28. The number of hydrogen-bond acceptors (Lipinski definition) is 0. The Balaban J connectivity index is 1.80. The van der Waals surface area contributed by atoms with Crippen molar-refractivity contribution < 1.29 is 0 Å². The van der Waals surface area contributed by atoms with E-state index >= 15 is 0 Å². The fourth-order valence-electron chi connectivity index (χ4n) is 5.95. The van der Waals surface area contributed by atoms with Gasteiger partial charge in [-0.2, -0.15) is 0 Å². The van der Waals surface area contributed by atoms with Crippen molar-refractivity contribution >= 4 is 21.8 Å². The molecule has 136 valence electrons. The minimum absolute atomic E-state index is 0.000158. The van der Waals surface area contributed by atoms with Crippen molar-refractivity contribution in [1.29, 1.82) is 0 Å². The topological polar surface area (TPSA) is 15.8 Å². The Kier molecular flexibility index (Phi) is 3.00. The van der Waals surface area contributed by atoms with Crippen molar-refractivity contribution in [1.82, 2.24) is 4.98 Å². The SMILES string of the molecule is CC12C=CC=CC1C(C)(c1ccccc1)c1c2ccc2c1[nH]c1ccccc12. The molecule has 2 aliphatic rings. The third-order valence-electron chi connectivity index (χ3n) is 7.28. The monoisotopic (exact) mass is 361 g/mol. The van der Waals surface area contributed by atoms with E-state index in [1.54, 1.807) is 0 Å². The fraction of sp³-hybridized carbons (Fsp3) is 0.185. The van der Waals surface area contributed by atoms with Crippen molar-refractivity contribution in [3.63, 3.8) is 0 Å². The number of H-pyrrole nitrogens is 1.